The highest BCUT2D eigenvalue weighted by atomic mass is 15.0. The molecule has 1 aromatic heterocycles. The summed E-state index contributed by atoms with van der Waals surface area (Å²) in [7, 11) is 0. The van der Waals surface area contributed by atoms with E-state index in [0.717, 1.165) is 12.5 Å². The summed E-state index contributed by atoms with van der Waals surface area (Å²) in [5.41, 5.74) is 3.99. The molecule has 2 atom stereocenters. The fraction of sp³-hybridized carbons (Fsp3) is 0.737. The third kappa shape index (κ3) is 2.42. The lowest BCUT2D eigenvalue weighted by atomic mass is 9.43. The van der Waals surface area contributed by atoms with Crippen LogP contribution in [0.4, 0.5) is 0 Å². The van der Waals surface area contributed by atoms with Gasteiger partial charge in [0.1, 0.15) is 0 Å². The van der Waals surface area contributed by atoms with Crippen LogP contribution >= 0.6 is 0 Å². The van der Waals surface area contributed by atoms with Gasteiger partial charge in [0.2, 0.25) is 0 Å². The van der Waals surface area contributed by atoms with Gasteiger partial charge in [0.15, 0.2) is 0 Å². The summed E-state index contributed by atoms with van der Waals surface area (Å²) in [6.07, 6.45) is 10.5. The fourth-order valence-corrected chi connectivity index (χ4v) is 6.53. The van der Waals surface area contributed by atoms with Crippen LogP contribution in [0, 0.1) is 23.7 Å². The second-order valence-corrected chi connectivity index (χ2v) is 9.09. The van der Waals surface area contributed by atoms with Crippen molar-refractivity contribution in [3.05, 3.63) is 29.6 Å². The number of nitrogens with zero attached hydrogens (tertiary/aromatic N) is 1. The van der Waals surface area contributed by atoms with Crippen LogP contribution in [-0.2, 0) is 6.54 Å². The molecule has 4 bridgehead atoms. The van der Waals surface area contributed by atoms with Gasteiger partial charge < -0.3 is 5.32 Å². The Balaban J connectivity index is 1.53. The van der Waals surface area contributed by atoms with E-state index < -0.39 is 0 Å². The molecule has 2 heteroatoms. The summed E-state index contributed by atoms with van der Waals surface area (Å²) >= 11 is 0. The Morgan fingerprint density at radius 3 is 2.38 bits per heavy atom. The minimum atomic E-state index is 0.384. The molecule has 1 N–H and O–H groups in total. The first-order valence-corrected chi connectivity index (χ1v) is 8.54. The van der Waals surface area contributed by atoms with Crippen molar-refractivity contribution in [1.82, 2.24) is 10.3 Å². The first kappa shape index (κ1) is 13.8. The van der Waals surface area contributed by atoms with Gasteiger partial charge in [-0.3, -0.25) is 4.98 Å². The Morgan fingerprint density at radius 2 is 1.81 bits per heavy atom. The monoisotopic (exact) mass is 284 g/mol. The summed E-state index contributed by atoms with van der Waals surface area (Å²) in [6, 6.07) is 4.35. The Bertz CT molecular complexity index is 529. The molecule has 1 aromatic rings. The highest BCUT2D eigenvalue weighted by Gasteiger charge is 2.59. The molecule has 2 unspecified atom stereocenters. The summed E-state index contributed by atoms with van der Waals surface area (Å²) < 4.78 is 0. The quantitative estimate of drug-likeness (QED) is 0.898. The Hall–Kier alpha value is -0.890. The standard InChI is InChI=1S/C19H28N2/c1-14-4-5-16(20-9-14)10-21-19-8-15-6-17(2,12-19)11-18(3,7-15)13-19/h4-5,9,15,21H,6-8,10-13H2,1-3H3. The fourth-order valence-electron chi connectivity index (χ4n) is 6.53. The smallest absolute Gasteiger partial charge is 0.0542 e. The normalized spacial score (nSPS) is 44.2. The molecule has 21 heavy (non-hydrogen) atoms. The van der Waals surface area contributed by atoms with Crippen molar-refractivity contribution in [2.24, 2.45) is 16.7 Å². The van der Waals surface area contributed by atoms with Crippen LogP contribution in [0.5, 0.6) is 0 Å². The van der Waals surface area contributed by atoms with Gasteiger partial charge in [0.05, 0.1) is 5.69 Å². The van der Waals surface area contributed by atoms with Crippen LogP contribution in [0.1, 0.15) is 63.6 Å². The number of hydrogen-bond acceptors (Lipinski definition) is 2. The molecule has 0 radical (unpaired) electrons. The van der Waals surface area contributed by atoms with Gasteiger partial charge >= 0.3 is 0 Å². The number of pyridine rings is 1. The molecule has 0 aliphatic heterocycles. The Kier molecular flexibility index (Phi) is 2.83. The highest BCUT2D eigenvalue weighted by molar-refractivity contribution is 5.16. The molecule has 5 rings (SSSR count). The molecule has 0 spiro atoms. The molecule has 4 saturated carbocycles. The lowest BCUT2D eigenvalue weighted by Crippen LogP contribution is -2.63. The van der Waals surface area contributed by atoms with Crippen molar-refractivity contribution in [2.75, 3.05) is 0 Å². The zero-order valence-electron chi connectivity index (χ0n) is 13.7. The van der Waals surface area contributed by atoms with E-state index in [2.05, 4.69) is 43.2 Å². The van der Waals surface area contributed by atoms with Crippen LogP contribution in [0.25, 0.3) is 0 Å². The van der Waals surface area contributed by atoms with Gasteiger partial charge in [-0.15, -0.1) is 0 Å². The Morgan fingerprint density at radius 1 is 1.10 bits per heavy atom. The maximum Gasteiger partial charge on any atom is 0.0542 e. The lowest BCUT2D eigenvalue weighted by molar-refractivity contribution is -0.118. The van der Waals surface area contributed by atoms with Crippen molar-refractivity contribution in [1.29, 1.82) is 0 Å². The molecule has 4 aliphatic carbocycles. The van der Waals surface area contributed by atoms with E-state index in [0.29, 0.717) is 16.4 Å². The van der Waals surface area contributed by atoms with E-state index in [-0.39, 0.29) is 0 Å². The highest BCUT2D eigenvalue weighted by Crippen LogP contribution is 2.66. The summed E-state index contributed by atoms with van der Waals surface area (Å²) in [5, 5.41) is 3.95. The Labute approximate surface area is 128 Å². The van der Waals surface area contributed by atoms with Crippen LogP contribution in [0.15, 0.2) is 18.3 Å². The predicted octanol–water partition coefficient (Wildman–Crippen LogP) is 4.23. The van der Waals surface area contributed by atoms with Gasteiger partial charge in [-0.2, -0.15) is 0 Å². The SMILES string of the molecule is Cc1ccc(CNC23CC4CC(C)(CC(C)(C4)C2)C3)nc1. The number of aromatic nitrogens is 1. The van der Waals surface area contributed by atoms with Crippen molar-refractivity contribution in [2.45, 2.75) is 71.4 Å². The van der Waals surface area contributed by atoms with E-state index >= 15 is 0 Å². The van der Waals surface area contributed by atoms with E-state index in [4.69, 9.17) is 0 Å². The van der Waals surface area contributed by atoms with Crippen molar-refractivity contribution >= 4 is 0 Å². The second-order valence-electron chi connectivity index (χ2n) is 9.09. The zero-order chi connectivity index (χ0) is 14.7. The average Bonchev–Trinajstić information content (AvgIpc) is 2.34. The van der Waals surface area contributed by atoms with Crippen molar-refractivity contribution < 1.29 is 0 Å². The van der Waals surface area contributed by atoms with E-state index in [9.17, 15) is 0 Å². The molecular formula is C19H28N2. The van der Waals surface area contributed by atoms with E-state index in [1.165, 1.54) is 49.8 Å². The molecule has 4 aliphatic rings. The maximum atomic E-state index is 4.57. The molecule has 2 nitrogen and oxygen atoms in total. The van der Waals surface area contributed by atoms with Crippen LogP contribution in [0.3, 0.4) is 0 Å². The zero-order valence-corrected chi connectivity index (χ0v) is 13.7. The van der Waals surface area contributed by atoms with Crippen LogP contribution in [-0.4, -0.2) is 10.5 Å². The molecular weight excluding hydrogens is 256 g/mol. The first-order chi connectivity index (χ1) is 9.88. The average molecular weight is 284 g/mol. The second kappa shape index (κ2) is 4.32. The minimum absolute atomic E-state index is 0.384. The van der Waals surface area contributed by atoms with Crippen molar-refractivity contribution in [3.8, 4) is 0 Å². The molecule has 4 fully saturated rings. The van der Waals surface area contributed by atoms with E-state index in [1.807, 2.05) is 6.20 Å². The van der Waals surface area contributed by atoms with Gasteiger partial charge in [0.25, 0.3) is 0 Å². The maximum absolute atomic E-state index is 4.57. The predicted molar refractivity (Wildman–Crippen MR) is 86.0 cm³/mol. The van der Waals surface area contributed by atoms with E-state index in [1.54, 1.807) is 0 Å². The van der Waals surface area contributed by atoms with Crippen LogP contribution in [0.2, 0.25) is 0 Å². The van der Waals surface area contributed by atoms with Crippen LogP contribution < -0.4 is 5.32 Å². The number of hydrogen-bond donors (Lipinski definition) is 1. The molecule has 0 aromatic carbocycles. The summed E-state index contributed by atoms with van der Waals surface area (Å²) in [5.74, 6) is 0.953. The largest absolute Gasteiger partial charge is 0.306 e. The van der Waals surface area contributed by atoms with Gasteiger partial charge in [0, 0.05) is 18.3 Å². The summed E-state index contributed by atoms with van der Waals surface area (Å²) in [4.78, 5) is 4.57. The third-order valence-electron chi connectivity index (χ3n) is 6.24. The molecule has 114 valence electrons. The topological polar surface area (TPSA) is 24.9 Å². The van der Waals surface area contributed by atoms with Gasteiger partial charge in [-0.25, -0.2) is 0 Å². The van der Waals surface area contributed by atoms with Gasteiger partial charge in [-0.1, -0.05) is 19.9 Å². The first-order valence-electron chi connectivity index (χ1n) is 8.54. The third-order valence-corrected chi connectivity index (χ3v) is 6.24. The summed E-state index contributed by atoms with van der Waals surface area (Å²) in [6.45, 7) is 8.11. The molecule has 0 saturated heterocycles. The molecule has 0 amide bonds. The number of nitrogens with one attached hydrogen (secondary N) is 1. The van der Waals surface area contributed by atoms with Gasteiger partial charge in [-0.05, 0) is 73.8 Å². The molecule has 1 heterocycles. The minimum Gasteiger partial charge on any atom is -0.306 e. The van der Waals surface area contributed by atoms with Crippen molar-refractivity contribution in [3.63, 3.8) is 0 Å². The number of aryl methyl sites for hydroxylation is 1. The lowest BCUT2D eigenvalue weighted by Gasteiger charge is -2.65. The number of rotatable bonds is 3.